The lowest BCUT2D eigenvalue weighted by Gasteiger charge is -2.34. The highest BCUT2D eigenvalue weighted by Crippen LogP contribution is 2.29. The Morgan fingerprint density at radius 2 is 1.58 bits per heavy atom. The molecule has 0 bridgehead atoms. The SMILES string of the molecule is COc1ccc(S(=O)(=O)N2CCN(Cc3ccccc3)CC2)c(C)c1C. The molecule has 0 unspecified atom stereocenters. The molecule has 0 aliphatic carbocycles. The fraction of sp³-hybridized carbons (Fsp3) is 0.400. The molecule has 1 aliphatic rings. The zero-order valence-electron chi connectivity index (χ0n) is 15.6. The molecule has 0 N–H and O–H groups in total. The average molecular weight is 375 g/mol. The molecule has 5 nitrogen and oxygen atoms in total. The first-order valence-corrected chi connectivity index (χ1v) is 10.3. The average Bonchev–Trinajstić information content (AvgIpc) is 2.65. The van der Waals surface area contributed by atoms with Gasteiger partial charge in [-0.25, -0.2) is 8.42 Å². The Morgan fingerprint density at radius 1 is 0.923 bits per heavy atom. The summed E-state index contributed by atoms with van der Waals surface area (Å²) in [6, 6.07) is 13.7. The number of ether oxygens (including phenoxy) is 1. The van der Waals surface area contributed by atoms with Crippen LogP contribution in [0.5, 0.6) is 5.75 Å². The molecule has 26 heavy (non-hydrogen) atoms. The summed E-state index contributed by atoms with van der Waals surface area (Å²) in [5, 5.41) is 0. The predicted octanol–water partition coefficient (Wildman–Crippen LogP) is 2.82. The van der Waals surface area contributed by atoms with E-state index in [1.165, 1.54) is 5.56 Å². The van der Waals surface area contributed by atoms with Crippen LogP contribution in [0.1, 0.15) is 16.7 Å². The summed E-state index contributed by atoms with van der Waals surface area (Å²) in [6.07, 6.45) is 0. The van der Waals surface area contributed by atoms with Gasteiger partial charge in [0.15, 0.2) is 0 Å². The van der Waals surface area contributed by atoms with Gasteiger partial charge in [0.05, 0.1) is 12.0 Å². The summed E-state index contributed by atoms with van der Waals surface area (Å²) in [5.41, 5.74) is 2.89. The van der Waals surface area contributed by atoms with Crippen LogP contribution in [0.25, 0.3) is 0 Å². The quantitative estimate of drug-likeness (QED) is 0.808. The molecule has 0 aromatic heterocycles. The summed E-state index contributed by atoms with van der Waals surface area (Å²) in [7, 11) is -1.89. The highest BCUT2D eigenvalue weighted by molar-refractivity contribution is 7.89. The molecule has 1 saturated heterocycles. The Kier molecular flexibility index (Phi) is 5.65. The summed E-state index contributed by atoms with van der Waals surface area (Å²) in [5.74, 6) is 0.717. The number of nitrogens with zero attached hydrogens (tertiary/aromatic N) is 2. The van der Waals surface area contributed by atoms with E-state index in [0.29, 0.717) is 23.7 Å². The molecule has 140 valence electrons. The van der Waals surface area contributed by atoms with Crippen LogP contribution in [0.15, 0.2) is 47.4 Å². The standard InChI is InChI=1S/C20H26N2O3S/c1-16-17(2)20(10-9-19(16)25-3)26(23,24)22-13-11-21(12-14-22)15-18-7-5-4-6-8-18/h4-10H,11-15H2,1-3H3. The number of methoxy groups -OCH3 is 1. The third-order valence-corrected chi connectivity index (χ3v) is 7.15. The van der Waals surface area contributed by atoms with Crippen LogP contribution >= 0.6 is 0 Å². The van der Waals surface area contributed by atoms with Crippen molar-refractivity contribution >= 4 is 10.0 Å². The van der Waals surface area contributed by atoms with Crippen molar-refractivity contribution in [1.29, 1.82) is 0 Å². The molecular formula is C20H26N2O3S. The Labute approximate surface area is 156 Å². The molecule has 0 atom stereocenters. The Bertz CT molecular complexity index is 858. The van der Waals surface area contributed by atoms with E-state index in [-0.39, 0.29) is 0 Å². The monoisotopic (exact) mass is 374 g/mol. The summed E-state index contributed by atoms with van der Waals surface area (Å²) < 4.78 is 33.1. The molecule has 0 saturated carbocycles. The molecule has 1 aliphatic heterocycles. The fourth-order valence-electron chi connectivity index (χ4n) is 3.38. The first-order valence-electron chi connectivity index (χ1n) is 8.84. The zero-order valence-corrected chi connectivity index (χ0v) is 16.4. The van der Waals surface area contributed by atoms with Crippen LogP contribution in [-0.2, 0) is 16.6 Å². The second-order valence-electron chi connectivity index (χ2n) is 6.68. The van der Waals surface area contributed by atoms with Crippen LogP contribution < -0.4 is 4.74 Å². The Hall–Kier alpha value is -1.89. The molecule has 2 aromatic rings. The van der Waals surface area contributed by atoms with Gasteiger partial charge in [0, 0.05) is 32.7 Å². The molecule has 0 spiro atoms. The third-order valence-electron chi connectivity index (χ3n) is 5.11. The second kappa shape index (κ2) is 7.78. The zero-order chi connectivity index (χ0) is 18.7. The molecular weight excluding hydrogens is 348 g/mol. The molecule has 0 amide bonds. The number of piperazine rings is 1. The summed E-state index contributed by atoms with van der Waals surface area (Å²) in [4.78, 5) is 2.68. The smallest absolute Gasteiger partial charge is 0.243 e. The van der Waals surface area contributed by atoms with Crippen molar-refractivity contribution in [3.8, 4) is 5.75 Å². The maximum absolute atomic E-state index is 13.1. The van der Waals surface area contributed by atoms with Crippen LogP contribution in [0.3, 0.4) is 0 Å². The Morgan fingerprint density at radius 3 is 2.19 bits per heavy atom. The lowest BCUT2D eigenvalue weighted by atomic mass is 10.1. The second-order valence-corrected chi connectivity index (χ2v) is 8.59. The number of rotatable bonds is 5. The van der Waals surface area contributed by atoms with Gasteiger partial charge in [-0.3, -0.25) is 4.90 Å². The first kappa shape index (κ1) is 18.9. The van der Waals surface area contributed by atoms with Gasteiger partial charge < -0.3 is 4.74 Å². The normalized spacial score (nSPS) is 16.6. The summed E-state index contributed by atoms with van der Waals surface area (Å²) >= 11 is 0. The number of hydrogen-bond acceptors (Lipinski definition) is 4. The van der Waals surface area contributed by atoms with Gasteiger partial charge in [-0.1, -0.05) is 30.3 Å². The minimum Gasteiger partial charge on any atom is -0.496 e. The van der Waals surface area contributed by atoms with E-state index < -0.39 is 10.0 Å². The van der Waals surface area contributed by atoms with E-state index in [4.69, 9.17) is 4.74 Å². The number of hydrogen-bond donors (Lipinski definition) is 0. The van der Waals surface area contributed by atoms with Crippen LogP contribution in [0.2, 0.25) is 0 Å². The molecule has 1 heterocycles. The molecule has 2 aromatic carbocycles. The lowest BCUT2D eigenvalue weighted by Crippen LogP contribution is -2.48. The largest absolute Gasteiger partial charge is 0.496 e. The van der Waals surface area contributed by atoms with Crippen molar-refractivity contribution < 1.29 is 13.2 Å². The van der Waals surface area contributed by atoms with Crippen molar-refractivity contribution in [2.24, 2.45) is 0 Å². The molecule has 6 heteroatoms. The maximum Gasteiger partial charge on any atom is 0.243 e. The number of sulfonamides is 1. The lowest BCUT2D eigenvalue weighted by molar-refractivity contribution is 0.181. The van der Waals surface area contributed by atoms with Crippen molar-refractivity contribution in [1.82, 2.24) is 9.21 Å². The van der Waals surface area contributed by atoms with Gasteiger partial charge in [-0.15, -0.1) is 0 Å². The van der Waals surface area contributed by atoms with Crippen molar-refractivity contribution in [3.63, 3.8) is 0 Å². The van der Waals surface area contributed by atoms with E-state index in [2.05, 4.69) is 17.0 Å². The predicted molar refractivity (Wildman–Crippen MR) is 103 cm³/mol. The molecule has 1 fully saturated rings. The van der Waals surface area contributed by atoms with Gasteiger partial charge in [0.1, 0.15) is 5.75 Å². The van der Waals surface area contributed by atoms with Crippen molar-refractivity contribution in [2.45, 2.75) is 25.3 Å². The highest BCUT2D eigenvalue weighted by Gasteiger charge is 2.30. The van der Waals surface area contributed by atoms with Gasteiger partial charge in [-0.05, 0) is 42.7 Å². The van der Waals surface area contributed by atoms with E-state index in [9.17, 15) is 8.42 Å². The van der Waals surface area contributed by atoms with Gasteiger partial charge in [0.2, 0.25) is 10.0 Å². The molecule has 0 radical (unpaired) electrons. The van der Waals surface area contributed by atoms with Gasteiger partial charge in [-0.2, -0.15) is 4.31 Å². The van der Waals surface area contributed by atoms with Crippen molar-refractivity contribution in [3.05, 3.63) is 59.2 Å². The molecule has 3 rings (SSSR count). The van der Waals surface area contributed by atoms with E-state index in [1.54, 1.807) is 23.5 Å². The van der Waals surface area contributed by atoms with Gasteiger partial charge >= 0.3 is 0 Å². The minimum absolute atomic E-state index is 0.382. The van der Waals surface area contributed by atoms with Crippen LogP contribution in [-0.4, -0.2) is 50.9 Å². The van der Waals surface area contributed by atoms with Crippen molar-refractivity contribution in [2.75, 3.05) is 33.3 Å². The van der Waals surface area contributed by atoms with Crippen LogP contribution in [0, 0.1) is 13.8 Å². The van der Waals surface area contributed by atoms with Crippen LogP contribution in [0.4, 0.5) is 0 Å². The minimum atomic E-state index is -3.49. The Balaban J connectivity index is 1.71. The van der Waals surface area contributed by atoms with E-state index >= 15 is 0 Å². The number of benzene rings is 2. The summed E-state index contributed by atoms with van der Waals surface area (Å²) in [6.45, 7) is 7.10. The maximum atomic E-state index is 13.1. The van der Waals surface area contributed by atoms with E-state index in [0.717, 1.165) is 30.8 Å². The third kappa shape index (κ3) is 3.77. The van der Waals surface area contributed by atoms with E-state index in [1.807, 2.05) is 32.0 Å². The highest BCUT2D eigenvalue weighted by atomic mass is 32.2. The topological polar surface area (TPSA) is 49.9 Å². The van der Waals surface area contributed by atoms with Gasteiger partial charge in [0.25, 0.3) is 0 Å². The fourth-order valence-corrected chi connectivity index (χ4v) is 5.08. The first-order chi connectivity index (χ1) is 12.4.